The smallest absolute Gasteiger partial charge is 0.336 e. The summed E-state index contributed by atoms with van der Waals surface area (Å²) in [5.74, 6) is -0.636. The summed E-state index contributed by atoms with van der Waals surface area (Å²) in [5, 5.41) is 23.0. The summed E-state index contributed by atoms with van der Waals surface area (Å²) in [7, 11) is 0. The maximum absolute atomic E-state index is 10.7. The minimum atomic E-state index is -0.905. The molecule has 0 radical (unpaired) electrons. The first-order chi connectivity index (χ1) is 8.56. The SMILES string of the molecule is Cc1cc(NCc2cc(C(=O)O)cs2)ccc1O. The van der Waals surface area contributed by atoms with E-state index >= 15 is 0 Å². The molecule has 2 rings (SSSR count). The van der Waals surface area contributed by atoms with Crippen LogP contribution in [0.5, 0.6) is 5.75 Å². The van der Waals surface area contributed by atoms with Crippen LogP contribution in [0, 0.1) is 6.92 Å². The quantitative estimate of drug-likeness (QED) is 0.741. The molecule has 0 saturated heterocycles. The molecule has 3 N–H and O–H groups in total. The second-order valence-electron chi connectivity index (χ2n) is 3.96. The van der Waals surface area contributed by atoms with Crippen molar-refractivity contribution in [3.8, 4) is 5.75 Å². The first-order valence-electron chi connectivity index (χ1n) is 5.40. The normalized spacial score (nSPS) is 10.3. The van der Waals surface area contributed by atoms with Gasteiger partial charge in [0.2, 0.25) is 0 Å². The number of carbonyl (C=O) groups is 1. The maximum Gasteiger partial charge on any atom is 0.336 e. The second-order valence-corrected chi connectivity index (χ2v) is 4.96. The van der Waals surface area contributed by atoms with E-state index in [0.29, 0.717) is 12.1 Å². The van der Waals surface area contributed by atoms with E-state index in [1.807, 2.05) is 13.0 Å². The average Bonchev–Trinajstić information content (AvgIpc) is 2.79. The number of phenols is 1. The van der Waals surface area contributed by atoms with Gasteiger partial charge in [-0.25, -0.2) is 4.79 Å². The fraction of sp³-hybridized carbons (Fsp3) is 0.154. The average molecular weight is 263 g/mol. The van der Waals surface area contributed by atoms with Crippen LogP contribution in [0.15, 0.2) is 29.6 Å². The summed E-state index contributed by atoms with van der Waals surface area (Å²) in [6.07, 6.45) is 0. The minimum absolute atomic E-state index is 0.268. The molecule has 94 valence electrons. The largest absolute Gasteiger partial charge is 0.508 e. The van der Waals surface area contributed by atoms with E-state index in [4.69, 9.17) is 5.11 Å². The third-order valence-corrected chi connectivity index (χ3v) is 3.50. The second kappa shape index (κ2) is 5.10. The standard InChI is InChI=1S/C13H13NO3S/c1-8-4-10(2-3-12(8)15)14-6-11-5-9(7-18-11)13(16)17/h2-5,7,14-15H,6H2,1H3,(H,16,17). The molecule has 0 saturated carbocycles. The zero-order valence-electron chi connectivity index (χ0n) is 9.80. The van der Waals surface area contributed by atoms with Crippen molar-refractivity contribution in [1.82, 2.24) is 0 Å². The molecule has 0 atom stereocenters. The number of aryl methyl sites for hydroxylation is 1. The molecule has 1 aromatic carbocycles. The molecule has 0 amide bonds. The molecule has 0 aliphatic carbocycles. The fourth-order valence-electron chi connectivity index (χ4n) is 1.54. The number of nitrogens with one attached hydrogen (secondary N) is 1. The number of carboxylic acid groups (broad SMARTS) is 1. The van der Waals surface area contributed by atoms with Crippen molar-refractivity contribution in [2.75, 3.05) is 5.32 Å². The maximum atomic E-state index is 10.7. The fourth-order valence-corrected chi connectivity index (χ4v) is 2.34. The molecule has 0 fully saturated rings. The summed E-state index contributed by atoms with van der Waals surface area (Å²) < 4.78 is 0. The Balaban J connectivity index is 2.02. The monoisotopic (exact) mass is 263 g/mol. The van der Waals surface area contributed by atoms with Crippen molar-refractivity contribution in [3.05, 3.63) is 45.6 Å². The highest BCUT2D eigenvalue weighted by molar-refractivity contribution is 7.10. The van der Waals surface area contributed by atoms with Crippen molar-refractivity contribution in [2.45, 2.75) is 13.5 Å². The van der Waals surface area contributed by atoms with Gasteiger partial charge in [-0.3, -0.25) is 0 Å². The van der Waals surface area contributed by atoms with E-state index in [9.17, 15) is 9.90 Å². The summed E-state index contributed by atoms with van der Waals surface area (Å²) in [6, 6.07) is 6.93. The Hall–Kier alpha value is -2.01. The van der Waals surface area contributed by atoms with Gasteiger partial charge in [0.25, 0.3) is 0 Å². The van der Waals surface area contributed by atoms with Crippen molar-refractivity contribution in [3.63, 3.8) is 0 Å². The van der Waals surface area contributed by atoms with Gasteiger partial charge < -0.3 is 15.5 Å². The van der Waals surface area contributed by atoms with Gasteiger partial charge >= 0.3 is 5.97 Å². The van der Waals surface area contributed by atoms with Crippen molar-refractivity contribution in [2.24, 2.45) is 0 Å². The Morgan fingerprint density at radius 2 is 2.17 bits per heavy atom. The third kappa shape index (κ3) is 2.81. The lowest BCUT2D eigenvalue weighted by atomic mass is 10.2. The first-order valence-corrected chi connectivity index (χ1v) is 6.28. The molecule has 1 heterocycles. The molecule has 18 heavy (non-hydrogen) atoms. The molecule has 4 nitrogen and oxygen atoms in total. The Morgan fingerprint density at radius 1 is 1.39 bits per heavy atom. The van der Waals surface area contributed by atoms with E-state index in [2.05, 4.69) is 5.32 Å². The van der Waals surface area contributed by atoms with Gasteiger partial charge in [-0.15, -0.1) is 11.3 Å². The Bertz CT molecular complexity index is 577. The lowest BCUT2D eigenvalue weighted by Gasteiger charge is -2.06. The van der Waals surface area contributed by atoms with E-state index in [1.165, 1.54) is 11.3 Å². The minimum Gasteiger partial charge on any atom is -0.508 e. The lowest BCUT2D eigenvalue weighted by molar-refractivity contribution is 0.0697. The topological polar surface area (TPSA) is 69.6 Å². The Labute approximate surface area is 109 Å². The zero-order chi connectivity index (χ0) is 13.1. The van der Waals surface area contributed by atoms with Crippen molar-refractivity contribution in [1.29, 1.82) is 0 Å². The number of aromatic hydroxyl groups is 1. The highest BCUT2D eigenvalue weighted by atomic mass is 32.1. The number of carboxylic acids is 1. The summed E-state index contributed by atoms with van der Waals surface area (Å²) in [6.45, 7) is 2.40. The number of phenolic OH excluding ortho intramolecular Hbond substituents is 1. The Kier molecular flexibility index (Phi) is 3.53. The van der Waals surface area contributed by atoms with Crippen LogP contribution in [-0.2, 0) is 6.54 Å². The molecule has 0 unspecified atom stereocenters. The number of hydrogen-bond acceptors (Lipinski definition) is 4. The van der Waals surface area contributed by atoms with Crippen LogP contribution in [0.3, 0.4) is 0 Å². The molecule has 0 bridgehead atoms. The number of benzene rings is 1. The van der Waals surface area contributed by atoms with Crippen LogP contribution in [0.25, 0.3) is 0 Å². The first kappa shape index (κ1) is 12.4. The van der Waals surface area contributed by atoms with Crippen LogP contribution in [-0.4, -0.2) is 16.2 Å². The highest BCUT2D eigenvalue weighted by Crippen LogP contribution is 2.21. The van der Waals surface area contributed by atoms with Crippen LogP contribution >= 0.6 is 11.3 Å². The Morgan fingerprint density at radius 3 is 2.78 bits per heavy atom. The van der Waals surface area contributed by atoms with Crippen LogP contribution in [0.2, 0.25) is 0 Å². The van der Waals surface area contributed by atoms with Gasteiger partial charge in [0.05, 0.1) is 5.56 Å². The molecule has 1 aromatic heterocycles. The van der Waals surface area contributed by atoms with Gasteiger partial charge in [0, 0.05) is 22.5 Å². The van der Waals surface area contributed by atoms with E-state index in [0.717, 1.165) is 16.1 Å². The van der Waals surface area contributed by atoms with Gasteiger partial charge in [-0.1, -0.05) is 0 Å². The number of anilines is 1. The summed E-state index contributed by atoms with van der Waals surface area (Å²) >= 11 is 1.41. The van der Waals surface area contributed by atoms with Gasteiger partial charge in [0.1, 0.15) is 5.75 Å². The van der Waals surface area contributed by atoms with Gasteiger partial charge in [0.15, 0.2) is 0 Å². The predicted octanol–water partition coefficient (Wildman–Crippen LogP) is 3.07. The highest BCUT2D eigenvalue weighted by Gasteiger charge is 2.06. The molecule has 0 aliphatic rings. The third-order valence-electron chi connectivity index (χ3n) is 2.56. The molecule has 2 aromatic rings. The van der Waals surface area contributed by atoms with Crippen molar-refractivity contribution >= 4 is 23.0 Å². The van der Waals surface area contributed by atoms with E-state index in [1.54, 1.807) is 23.6 Å². The predicted molar refractivity (Wildman–Crippen MR) is 71.4 cm³/mol. The van der Waals surface area contributed by atoms with Crippen molar-refractivity contribution < 1.29 is 15.0 Å². The summed E-state index contributed by atoms with van der Waals surface area (Å²) in [5.41, 5.74) is 2.02. The number of hydrogen-bond donors (Lipinski definition) is 3. The summed E-state index contributed by atoms with van der Waals surface area (Å²) in [4.78, 5) is 11.7. The van der Waals surface area contributed by atoms with E-state index in [-0.39, 0.29) is 5.75 Å². The number of thiophene rings is 1. The molecule has 0 spiro atoms. The van der Waals surface area contributed by atoms with Gasteiger partial charge in [-0.05, 0) is 36.8 Å². The molecule has 0 aliphatic heterocycles. The van der Waals surface area contributed by atoms with Crippen LogP contribution in [0.4, 0.5) is 5.69 Å². The van der Waals surface area contributed by atoms with Crippen LogP contribution < -0.4 is 5.32 Å². The lowest BCUT2D eigenvalue weighted by Crippen LogP contribution is -1.98. The van der Waals surface area contributed by atoms with Crippen LogP contribution in [0.1, 0.15) is 20.8 Å². The van der Waals surface area contributed by atoms with Gasteiger partial charge in [-0.2, -0.15) is 0 Å². The van der Waals surface area contributed by atoms with E-state index < -0.39 is 5.97 Å². The molecular formula is C13H13NO3S. The number of aromatic carboxylic acids is 1. The number of rotatable bonds is 4. The zero-order valence-corrected chi connectivity index (χ0v) is 10.6. The molecular weight excluding hydrogens is 250 g/mol. The molecule has 5 heteroatoms.